The number of anilines is 1. The van der Waals surface area contributed by atoms with Gasteiger partial charge in [0.2, 0.25) is 0 Å². The smallest absolute Gasteiger partial charge is 0.161 e. The van der Waals surface area contributed by atoms with Gasteiger partial charge in [-0.25, -0.2) is 0 Å². The van der Waals surface area contributed by atoms with Crippen molar-refractivity contribution in [3.63, 3.8) is 0 Å². The van der Waals surface area contributed by atoms with Gasteiger partial charge in [-0.3, -0.25) is 0 Å². The van der Waals surface area contributed by atoms with Crippen LogP contribution < -0.4 is 19.1 Å². The van der Waals surface area contributed by atoms with Crippen molar-refractivity contribution in [2.24, 2.45) is 0 Å². The summed E-state index contributed by atoms with van der Waals surface area (Å²) in [6.45, 7) is 1.04. The first-order valence-electron chi connectivity index (χ1n) is 10.2. The molecule has 1 aliphatic carbocycles. The number of nitrogens with zero attached hydrogens (tertiary/aromatic N) is 2. The van der Waals surface area contributed by atoms with Crippen LogP contribution in [-0.2, 0) is 11.8 Å². The molecule has 0 aromatic heterocycles. The first-order valence-corrected chi connectivity index (χ1v) is 10.2. The maximum atomic E-state index is 10.1. The maximum absolute atomic E-state index is 10.1. The summed E-state index contributed by atoms with van der Waals surface area (Å²) < 4.78 is 16.2. The Labute approximate surface area is 172 Å². The van der Waals surface area contributed by atoms with E-state index in [0.717, 1.165) is 50.0 Å². The third-order valence-electron chi connectivity index (χ3n) is 6.62. The lowest BCUT2D eigenvalue weighted by Crippen LogP contribution is -2.41. The fraction of sp³-hybridized carbons (Fsp3) is 0.458. The topological polar surface area (TPSA) is 54.7 Å². The second kappa shape index (κ2) is 7.87. The molecular weight excluding hydrogens is 364 g/mol. The van der Waals surface area contributed by atoms with E-state index in [1.165, 1.54) is 11.3 Å². The molecular formula is C24H28N2O3. The number of hydrogen-bond acceptors (Lipinski definition) is 5. The monoisotopic (exact) mass is 392 g/mol. The Balaban J connectivity index is 1.52. The van der Waals surface area contributed by atoms with Crippen molar-refractivity contribution >= 4 is 5.69 Å². The summed E-state index contributed by atoms with van der Waals surface area (Å²) in [6.07, 6.45) is 4.78. The molecule has 0 spiro atoms. The van der Waals surface area contributed by atoms with Gasteiger partial charge in [0.15, 0.2) is 11.5 Å². The SMILES string of the molecule is COc1ccc2c(c1)CCN2C1CCC(C#N)(c2ccc(OC)c(OC)c2)CC1. The van der Waals surface area contributed by atoms with Crippen LogP contribution in [0.2, 0.25) is 0 Å². The molecule has 0 radical (unpaired) electrons. The van der Waals surface area contributed by atoms with E-state index in [-0.39, 0.29) is 0 Å². The summed E-state index contributed by atoms with van der Waals surface area (Å²) in [5, 5.41) is 10.1. The molecule has 29 heavy (non-hydrogen) atoms. The fourth-order valence-electron chi connectivity index (χ4n) is 4.92. The van der Waals surface area contributed by atoms with Gasteiger partial charge < -0.3 is 19.1 Å². The lowest BCUT2D eigenvalue weighted by atomic mass is 9.69. The number of methoxy groups -OCH3 is 3. The lowest BCUT2D eigenvalue weighted by Gasteiger charge is -2.40. The molecule has 4 rings (SSSR count). The third kappa shape index (κ3) is 3.37. The minimum Gasteiger partial charge on any atom is -0.497 e. The first kappa shape index (κ1) is 19.4. The normalized spacial score (nSPS) is 23.2. The van der Waals surface area contributed by atoms with Crippen LogP contribution in [0, 0.1) is 11.3 Å². The van der Waals surface area contributed by atoms with Crippen LogP contribution in [0.4, 0.5) is 5.69 Å². The van der Waals surface area contributed by atoms with Gasteiger partial charge in [0.05, 0.1) is 32.8 Å². The predicted molar refractivity (Wildman–Crippen MR) is 113 cm³/mol. The van der Waals surface area contributed by atoms with Crippen molar-refractivity contribution in [3.8, 4) is 23.3 Å². The van der Waals surface area contributed by atoms with Crippen LogP contribution in [-0.4, -0.2) is 33.9 Å². The predicted octanol–water partition coefficient (Wildman–Crippen LogP) is 4.48. The van der Waals surface area contributed by atoms with E-state index in [1.807, 2.05) is 24.3 Å². The molecule has 0 atom stereocenters. The molecule has 0 unspecified atom stereocenters. The highest BCUT2D eigenvalue weighted by Crippen LogP contribution is 2.45. The van der Waals surface area contributed by atoms with Crippen LogP contribution >= 0.6 is 0 Å². The Bertz CT molecular complexity index is 926. The first-order chi connectivity index (χ1) is 14.1. The third-order valence-corrected chi connectivity index (χ3v) is 6.62. The molecule has 152 valence electrons. The molecule has 2 aliphatic rings. The van der Waals surface area contributed by atoms with Crippen LogP contribution in [0.1, 0.15) is 36.8 Å². The van der Waals surface area contributed by atoms with Gasteiger partial charge in [-0.05, 0) is 73.6 Å². The Kier molecular flexibility index (Phi) is 5.27. The highest BCUT2D eigenvalue weighted by molar-refractivity contribution is 5.61. The highest BCUT2D eigenvalue weighted by atomic mass is 16.5. The van der Waals surface area contributed by atoms with Gasteiger partial charge in [-0.2, -0.15) is 5.26 Å². The number of fused-ring (bicyclic) bond motifs is 1. The van der Waals surface area contributed by atoms with E-state index in [4.69, 9.17) is 14.2 Å². The van der Waals surface area contributed by atoms with Gasteiger partial charge in [-0.15, -0.1) is 0 Å². The summed E-state index contributed by atoms with van der Waals surface area (Å²) in [6, 6.07) is 15.4. The van der Waals surface area contributed by atoms with Crippen LogP contribution in [0.15, 0.2) is 36.4 Å². The second-order valence-corrected chi connectivity index (χ2v) is 7.93. The van der Waals surface area contributed by atoms with Crippen molar-refractivity contribution in [1.29, 1.82) is 5.26 Å². The van der Waals surface area contributed by atoms with Crippen molar-refractivity contribution in [2.75, 3.05) is 32.8 Å². The van der Waals surface area contributed by atoms with Crippen molar-refractivity contribution < 1.29 is 14.2 Å². The van der Waals surface area contributed by atoms with Gasteiger partial charge >= 0.3 is 0 Å². The van der Waals surface area contributed by atoms with E-state index in [1.54, 1.807) is 21.3 Å². The number of nitriles is 1. The molecule has 5 nitrogen and oxygen atoms in total. The fourth-order valence-corrected chi connectivity index (χ4v) is 4.92. The van der Waals surface area contributed by atoms with Gasteiger partial charge in [-0.1, -0.05) is 6.07 Å². The van der Waals surface area contributed by atoms with Crippen LogP contribution in [0.5, 0.6) is 17.2 Å². The zero-order chi connectivity index (χ0) is 20.4. The molecule has 5 heteroatoms. The lowest BCUT2D eigenvalue weighted by molar-refractivity contribution is 0.318. The van der Waals surface area contributed by atoms with E-state index in [0.29, 0.717) is 17.5 Å². The molecule has 1 saturated carbocycles. The largest absolute Gasteiger partial charge is 0.497 e. The summed E-state index contributed by atoms with van der Waals surface area (Å²) in [4.78, 5) is 2.53. The standard InChI is InChI=1S/C24H28N2O3/c1-27-20-5-6-21-17(14-20)10-13-26(21)19-8-11-24(16-25,12-9-19)18-4-7-22(28-2)23(15-18)29-3/h4-7,14-15,19H,8-13H2,1-3H3. The van der Waals surface area contributed by atoms with Gasteiger partial charge in [0.25, 0.3) is 0 Å². The van der Waals surface area contributed by atoms with Crippen LogP contribution in [0.3, 0.4) is 0 Å². The highest BCUT2D eigenvalue weighted by Gasteiger charge is 2.40. The quantitative estimate of drug-likeness (QED) is 0.751. The molecule has 1 aliphatic heterocycles. The molecule has 0 amide bonds. The van der Waals surface area contributed by atoms with Crippen molar-refractivity contribution in [3.05, 3.63) is 47.5 Å². The van der Waals surface area contributed by atoms with Crippen molar-refractivity contribution in [1.82, 2.24) is 0 Å². The zero-order valence-corrected chi connectivity index (χ0v) is 17.4. The van der Waals surface area contributed by atoms with E-state index < -0.39 is 5.41 Å². The molecule has 1 fully saturated rings. The minimum absolute atomic E-state index is 0.460. The van der Waals surface area contributed by atoms with E-state index in [2.05, 4.69) is 23.1 Å². The molecule has 0 saturated heterocycles. The number of benzene rings is 2. The molecule has 2 aromatic rings. The Morgan fingerprint density at radius 1 is 0.966 bits per heavy atom. The summed E-state index contributed by atoms with van der Waals surface area (Å²) in [7, 11) is 4.98. The van der Waals surface area contributed by atoms with Gasteiger partial charge in [0.1, 0.15) is 5.75 Å². The average molecular weight is 392 g/mol. The molecule has 1 heterocycles. The van der Waals surface area contributed by atoms with Gasteiger partial charge in [0, 0.05) is 18.3 Å². The summed E-state index contributed by atoms with van der Waals surface area (Å²) in [5.74, 6) is 2.30. The molecule has 2 aromatic carbocycles. The van der Waals surface area contributed by atoms with E-state index >= 15 is 0 Å². The minimum atomic E-state index is -0.460. The molecule has 0 N–H and O–H groups in total. The number of ether oxygens (including phenoxy) is 3. The Hall–Kier alpha value is -2.87. The second-order valence-electron chi connectivity index (χ2n) is 7.93. The Morgan fingerprint density at radius 2 is 1.72 bits per heavy atom. The molecule has 0 bridgehead atoms. The zero-order valence-electron chi connectivity index (χ0n) is 17.4. The number of hydrogen-bond donors (Lipinski definition) is 0. The van der Waals surface area contributed by atoms with Crippen molar-refractivity contribution in [2.45, 2.75) is 43.6 Å². The Morgan fingerprint density at radius 3 is 2.38 bits per heavy atom. The summed E-state index contributed by atoms with van der Waals surface area (Å²) >= 11 is 0. The number of rotatable bonds is 5. The summed E-state index contributed by atoms with van der Waals surface area (Å²) in [5.41, 5.74) is 3.26. The van der Waals surface area contributed by atoms with E-state index in [9.17, 15) is 5.26 Å². The average Bonchev–Trinajstić information content (AvgIpc) is 3.21. The van der Waals surface area contributed by atoms with Crippen LogP contribution in [0.25, 0.3) is 0 Å². The maximum Gasteiger partial charge on any atom is 0.161 e.